The molecular formula is C17H13N3O. The Balaban J connectivity index is 2.15. The summed E-state index contributed by atoms with van der Waals surface area (Å²) in [5.74, 6) is 0.939. The van der Waals surface area contributed by atoms with Crippen molar-refractivity contribution >= 4 is 22.3 Å². The molecule has 0 spiro atoms. The van der Waals surface area contributed by atoms with Crippen molar-refractivity contribution in [2.45, 2.75) is 0 Å². The molecule has 0 unspecified atom stereocenters. The number of fused-ring (bicyclic) bond motifs is 1. The second-order valence-electron chi connectivity index (χ2n) is 4.76. The van der Waals surface area contributed by atoms with Gasteiger partial charge in [0.15, 0.2) is 0 Å². The number of phenols is 1. The second-order valence-corrected chi connectivity index (χ2v) is 4.76. The van der Waals surface area contributed by atoms with Crippen molar-refractivity contribution in [3.8, 4) is 11.8 Å². The van der Waals surface area contributed by atoms with E-state index in [1.807, 2.05) is 42.3 Å². The topological polar surface area (TPSA) is 60.2 Å². The van der Waals surface area contributed by atoms with Crippen molar-refractivity contribution in [1.82, 2.24) is 4.98 Å². The second kappa shape index (κ2) is 5.14. The van der Waals surface area contributed by atoms with Crippen LogP contribution in [0.15, 0.2) is 54.7 Å². The van der Waals surface area contributed by atoms with E-state index in [1.165, 1.54) is 0 Å². The number of pyridine rings is 1. The maximum absolute atomic E-state index is 9.70. The lowest BCUT2D eigenvalue weighted by Gasteiger charge is -2.20. The summed E-state index contributed by atoms with van der Waals surface area (Å²) in [5, 5.41) is 20.6. The van der Waals surface area contributed by atoms with Gasteiger partial charge in [0, 0.05) is 24.3 Å². The lowest BCUT2D eigenvalue weighted by atomic mass is 10.1. The maximum atomic E-state index is 9.70. The molecule has 4 heteroatoms. The number of nitriles is 1. The summed E-state index contributed by atoms with van der Waals surface area (Å²) >= 11 is 0. The third-order valence-electron chi connectivity index (χ3n) is 3.41. The minimum atomic E-state index is 0.205. The van der Waals surface area contributed by atoms with Gasteiger partial charge in [-0.3, -0.25) is 0 Å². The van der Waals surface area contributed by atoms with Crippen LogP contribution in [-0.2, 0) is 0 Å². The summed E-state index contributed by atoms with van der Waals surface area (Å²) in [6, 6.07) is 16.6. The largest absolute Gasteiger partial charge is 0.508 e. The molecule has 0 aliphatic carbocycles. The summed E-state index contributed by atoms with van der Waals surface area (Å²) in [6.45, 7) is 0. The van der Waals surface area contributed by atoms with Gasteiger partial charge in [-0.2, -0.15) is 5.26 Å². The van der Waals surface area contributed by atoms with E-state index < -0.39 is 0 Å². The third kappa shape index (κ3) is 2.37. The molecule has 3 rings (SSSR count). The molecular weight excluding hydrogens is 262 g/mol. The zero-order valence-corrected chi connectivity index (χ0v) is 11.5. The molecule has 1 heterocycles. The number of benzene rings is 2. The van der Waals surface area contributed by atoms with Gasteiger partial charge in [-0.25, -0.2) is 4.98 Å². The summed E-state index contributed by atoms with van der Waals surface area (Å²) in [7, 11) is 1.89. The maximum Gasteiger partial charge on any atom is 0.140 e. The predicted molar refractivity (Wildman–Crippen MR) is 82.6 cm³/mol. The van der Waals surface area contributed by atoms with E-state index in [-0.39, 0.29) is 5.75 Å². The Bertz CT molecular complexity index is 852. The molecule has 0 saturated carbocycles. The fourth-order valence-electron chi connectivity index (χ4n) is 2.31. The van der Waals surface area contributed by atoms with Gasteiger partial charge in [0.05, 0.1) is 11.6 Å². The highest BCUT2D eigenvalue weighted by atomic mass is 16.3. The molecule has 0 amide bonds. The van der Waals surface area contributed by atoms with Gasteiger partial charge in [-0.05, 0) is 41.8 Å². The van der Waals surface area contributed by atoms with Crippen molar-refractivity contribution in [1.29, 1.82) is 5.26 Å². The zero-order chi connectivity index (χ0) is 14.8. The fraction of sp³-hybridized carbons (Fsp3) is 0.0588. The van der Waals surface area contributed by atoms with E-state index in [0.717, 1.165) is 22.3 Å². The standard InChI is InChI=1S/C17H13N3O/c1-20(14-4-2-3-12(9-14)11-18)17-16-10-15(21)6-5-13(16)7-8-19-17/h2-10,21H,1H3. The minimum Gasteiger partial charge on any atom is -0.508 e. The molecule has 0 radical (unpaired) electrons. The quantitative estimate of drug-likeness (QED) is 0.776. The van der Waals surface area contributed by atoms with E-state index in [9.17, 15) is 5.11 Å². The van der Waals surface area contributed by atoms with E-state index in [0.29, 0.717) is 5.56 Å². The summed E-state index contributed by atoms with van der Waals surface area (Å²) < 4.78 is 0. The lowest BCUT2D eigenvalue weighted by Crippen LogP contribution is -2.11. The van der Waals surface area contributed by atoms with E-state index in [4.69, 9.17) is 5.26 Å². The molecule has 4 nitrogen and oxygen atoms in total. The van der Waals surface area contributed by atoms with Gasteiger partial charge < -0.3 is 10.0 Å². The first-order valence-electron chi connectivity index (χ1n) is 6.50. The number of hydrogen-bond donors (Lipinski definition) is 1. The molecule has 3 aromatic rings. The fourth-order valence-corrected chi connectivity index (χ4v) is 2.31. The number of phenolic OH excluding ortho intramolecular Hbond substituents is 1. The van der Waals surface area contributed by atoms with E-state index in [2.05, 4.69) is 11.1 Å². The average Bonchev–Trinajstić information content (AvgIpc) is 2.53. The number of anilines is 2. The molecule has 1 N–H and O–H groups in total. The molecule has 21 heavy (non-hydrogen) atoms. The van der Waals surface area contributed by atoms with Gasteiger partial charge in [0.1, 0.15) is 11.6 Å². The van der Waals surface area contributed by atoms with Gasteiger partial charge in [0.25, 0.3) is 0 Å². The summed E-state index contributed by atoms with van der Waals surface area (Å²) in [4.78, 5) is 6.32. The first-order chi connectivity index (χ1) is 10.2. The van der Waals surface area contributed by atoms with Gasteiger partial charge in [-0.1, -0.05) is 12.1 Å². The minimum absolute atomic E-state index is 0.205. The first-order valence-corrected chi connectivity index (χ1v) is 6.50. The van der Waals surface area contributed by atoms with Crippen molar-refractivity contribution in [3.63, 3.8) is 0 Å². The van der Waals surface area contributed by atoms with Crippen LogP contribution >= 0.6 is 0 Å². The van der Waals surface area contributed by atoms with Crippen LogP contribution in [0, 0.1) is 11.3 Å². The molecule has 1 aromatic heterocycles. The van der Waals surface area contributed by atoms with Crippen LogP contribution in [0.3, 0.4) is 0 Å². The van der Waals surface area contributed by atoms with Crippen LogP contribution in [0.4, 0.5) is 11.5 Å². The molecule has 0 fully saturated rings. The van der Waals surface area contributed by atoms with Crippen LogP contribution in [0.1, 0.15) is 5.56 Å². The highest BCUT2D eigenvalue weighted by Crippen LogP contribution is 2.31. The van der Waals surface area contributed by atoms with E-state index >= 15 is 0 Å². The molecule has 0 aliphatic rings. The number of aromatic hydroxyl groups is 1. The van der Waals surface area contributed by atoms with Crippen LogP contribution < -0.4 is 4.90 Å². The van der Waals surface area contributed by atoms with Crippen LogP contribution in [0.5, 0.6) is 5.75 Å². The zero-order valence-electron chi connectivity index (χ0n) is 11.5. The Kier molecular flexibility index (Phi) is 3.17. The first kappa shape index (κ1) is 12.9. The van der Waals surface area contributed by atoms with Crippen molar-refractivity contribution in [2.75, 3.05) is 11.9 Å². The van der Waals surface area contributed by atoms with Crippen LogP contribution in [0.25, 0.3) is 10.8 Å². The SMILES string of the molecule is CN(c1cccc(C#N)c1)c1nccc2ccc(O)cc12. The Morgan fingerprint density at radius 2 is 2.00 bits per heavy atom. The monoisotopic (exact) mass is 275 g/mol. The lowest BCUT2D eigenvalue weighted by molar-refractivity contribution is 0.476. The van der Waals surface area contributed by atoms with Crippen LogP contribution in [0.2, 0.25) is 0 Å². The number of hydrogen-bond acceptors (Lipinski definition) is 4. The molecule has 0 bridgehead atoms. The Morgan fingerprint density at radius 1 is 1.14 bits per heavy atom. The highest BCUT2D eigenvalue weighted by Gasteiger charge is 2.10. The smallest absolute Gasteiger partial charge is 0.140 e. The van der Waals surface area contributed by atoms with Crippen molar-refractivity contribution in [3.05, 3.63) is 60.3 Å². The van der Waals surface area contributed by atoms with Gasteiger partial charge >= 0.3 is 0 Å². The van der Waals surface area contributed by atoms with Crippen molar-refractivity contribution in [2.24, 2.45) is 0 Å². The van der Waals surface area contributed by atoms with Crippen LogP contribution in [-0.4, -0.2) is 17.1 Å². The Hall–Kier alpha value is -3.06. The van der Waals surface area contributed by atoms with Crippen molar-refractivity contribution < 1.29 is 5.11 Å². The number of rotatable bonds is 2. The average molecular weight is 275 g/mol. The number of nitrogens with zero attached hydrogens (tertiary/aromatic N) is 3. The molecule has 0 aliphatic heterocycles. The Morgan fingerprint density at radius 3 is 2.81 bits per heavy atom. The highest BCUT2D eigenvalue weighted by molar-refractivity contribution is 5.94. The number of aromatic nitrogens is 1. The van der Waals surface area contributed by atoms with Gasteiger partial charge in [-0.15, -0.1) is 0 Å². The normalized spacial score (nSPS) is 10.3. The predicted octanol–water partition coefficient (Wildman–Crippen LogP) is 3.58. The molecule has 2 aromatic carbocycles. The Labute approximate surface area is 122 Å². The summed E-state index contributed by atoms with van der Waals surface area (Å²) in [6.07, 6.45) is 1.74. The molecule has 102 valence electrons. The van der Waals surface area contributed by atoms with E-state index in [1.54, 1.807) is 24.4 Å². The van der Waals surface area contributed by atoms with Gasteiger partial charge in [0.2, 0.25) is 0 Å². The molecule has 0 atom stereocenters. The third-order valence-corrected chi connectivity index (χ3v) is 3.41. The summed E-state index contributed by atoms with van der Waals surface area (Å²) in [5.41, 5.74) is 1.47. The molecule has 0 saturated heterocycles.